The molecule has 1 aromatic heterocycles. The van der Waals surface area contributed by atoms with Crippen LogP contribution >= 0.6 is 0 Å². The van der Waals surface area contributed by atoms with Crippen molar-refractivity contribution in [3.8, 4) is 0 Å². The van der Waals surface area contributed by atoms with E-state index in [2.05, 4.69) is 16.9 Å². The smallest absolute Gasteiger partial charge is 0.220 e. The Bertz CT molecular complexity index is 335. The second-order valence-electron chi connectivity index (χ2n) is 4.31. The summed E-state index contributed by atoms with van der Waals surface area (Å²) in [6.07, 6.45) is 2.38. The standard InChI is InChI=1S/C11H18N2O2/c1-8-11(12-10(7-14)15-8)9-4-3-5-13(2)6-9/h9,14H,3-7H2,1-2H3. The summed E-state index contributed by atoms with van der Waals surface area (Å²) in [7, 11) is 2.13. The molecule has 0 bridgehead atoms. The molecule has 1 aliphatic heterocycles. The van der Waals surface area contributed by atoms with E-state index in [1.54, 1.807) is 0 Å². The largest absolute Gasteiger partial charge is 0.443 e. The second kappa shape index (κ2) is 4.33. The van der Waals surface area contributed by atoms with Crippen LogP contribution in [0.3, 0.4) is 0 Å². The summed E-state index contributed by atoms with van der Waals surface area (Å²) in [4.78, 5) is 6.66. The molecule has 0 amide bonds. The summed E-state index contributed by atoms with van der Waals surface area (Å²) in [5.41, 5.74) is 1.03. The number of aliphatic hydroxyl groups is 1. The average molecular weight is 210 g/mol. The maximum Gasteiger partial charge on any atom is 0.220 e. The number of oxazole rings is 1. The molecule has 1 saturated heterocycles. The summed E-state index contributed by atoms with van der Waals surface area (Å²) >= 11 is 0. The van der Waals surface area contributed by atoms with Gasteiger partial charge in [-0.1, -0.05) is 0 Å². The van der Waals surface area contributed by atoms with Crippen molar-refractivity contribution in [1.82, 2.24) is 9.88 Å². The van der Waals surface area contributed by atoms with Gasteiger partial charge in [0.15, 0.2) is 0 Å². The molecular weight excluding hydrogens is 192 g/mol. The summed E-state index contributed by atoms with van der Waals surface area (Å²) in [5, 5.41) is 8.96. The van der Waals surface area contributed by atoms with Crippen molar-refractivity contribution in [3.05, 3.63) is 17.3 Å². The molecule has 84 valence electrons. The minimum Gasteiger partial charge on any atom is -0.443 e. The monoisotopic (exact) mass is 210 g/mol. The number of aryl methyl sites for hydroxylation is 1. The number of hydrogen-bond donors (Lipinski definition) is 1. The Hall–Kier alpha value is -0.870. The Morgan fingerprint density at radius 3 is 3.00 bits per heavy atom. The van der Waals surface area contributed by atoms with E-state index < -0.39 is 0 Å². The molecule has 1 aromatic rings. The molecule has 0 spiro atoms. The maximum atomic E-state index is 8.96. The van der Waals surface area contributed by atoms with Crippen molar-refractivity contribution < 1.29 is 9.52 Å². The first kappa shape index (κ1) is 10.6. The van der Waals surface area contributed by atoms with Crippen LogP contribution in [0.4, 0.5) is 0 Å². The van der Waals surface area contributed by atoms with Gasteiger partial charge in [0, 0.05) is 12.5 Å². The third-order valence-electron chi connectivity index (χ3n) is 3.02. The Morgan fingerprint density at radius 2 is 2.40 bits per heavy atom. The lowest BCUT2D eigenvalue weighted by atomic mass is 9.94. The summed E-state index contributed by atoms with van der Waals surface area (Å²) in [6, 6.07) is 0. The lowest BCUT2D eigenvalue weighted by Gasteiger charge is -2.28. The minimum absolute atomic E-state index is 0.108. The van der Waals surface area contributed by atoms with Crippen LogP contribution in [0.25, 0.3) is 0 Å². The first-order valence-electron chi connectivity index (χ1n) is 5.46. The fourth-order valence-electron chi connectivity index (χ4n) is 2.30. The third kappa shape index (κ3) is 2.21. The van der Waals surface area contributed by atoms with Crippen LogP contribution in [0.15, 0.2) is 4.42 Å². The highest BCUT2D eigenvalue weighted by molar-refractivity contribution is 5.15. The van der Waals surface area contributed by atoms with Crippen molar-refractivity contribution >= 4 is 0 Å². The summed E-state index contributed by atoms with van der Waals surface area (Å²) < 4.78 is 5.37. The number of rotatable bonds is 2. The zero-order chi connectivity index (χ0) is 10.8. The number of likely N-dealkylation sites (N-methyl/N-ethyl adjacent to an activating group) is 1. The molecule has 1 fully saturated rings. The van der Waals surface area contributed by atoms with Gasteiger partial charge in [-0.15, -0.1) is 0 Å². The molecule has 1 aliphatic rings. The SMILES string of the molecule is Cc1oc(CO)nc1C1CCCN(C)C1. The van der Waals surface area contributed by atoms with E-state index in [0.717, 1.165) is 18.0 Å². The van der Waals surface area contributed by atoms with Crippen LogP contribution in [0.1, 0.15) is 36.1 Å². The number of likely N-dealkylation sites (tertiary alicyclic amines) is 1. The van der Waals surface area contributed by atoms with Crippen LogP contribution in [-0.4, -0.2) is 35.1 Å². The molecule has 15 heavy (non-hydrogen) atoms. The molecule has 0 aromatic carbocycles. The van der Waals surface area contributed by atoms with Crippen molar-refractivity contribution in [1.29, 1.82) is 0 Å². The summed E-state index contributed by atoms with van der Waals surface area (Å²) in [6.45, 7) is 4.03. The number of nitrogens with zero attached hydrogens (tertiary/aromatic N) is 2. The van der Waals surface area contributed by atoms with Gasteiger partial charge in [0.25, 0.3) is 0 Å². The first-order chi connectivity index (χ1) is 7.20. The van der Waals surface area contributed by atoms with E-state index >= 15 is 0 Å². The van der Waals surface area contributed by atoms with E-state index in [4.69, 9.17) is 9.52 Å². The molecule has 2 heterocycles. The minimum atomic E-state index is -0.108. The molecule has 0 saturated carbocycles. The summed E-state index contributed by atoms with van der Waals surface area (Å²) in [5.74, 6) is 1.77. The van der Waals surface area contributed by atoms with Gasteiger partial charge >= 0.3 is 0 Å². The van der Waals surface area contributed by atoms with Crippen molar-refractivity contribution in [2.24, 2.45) is 0 Å². The average Bonchev–Trinajstić information content (AvgIpc) is 2.60. The number of hydrogen-bond acceptors (Lipinski definition) is 4. The Labute approximate surface area is 89.9 Å². The van der Waals surface area contributed by atoms with E-state index in [0.29, 0.717) is 11.8 Å². The van der Waals surface area contributed by atoms with Crippen LogP contribution in [0.2, 0.25) is 0 Å². The maximum absolute atomic E-state index is 8.96. The highest BCUT2D eigenvalue weighted by Gasteiger charge is 2.24. The molecular formula is C11H18N2O2. The second-order valence-corrected chi connectivity index (χ2v) is 4.31. The van der Waals surface area contributed by atoms with Gasteiger partial charge in [0.1, 0.15) is 12.4 Å². The Balaban J connectivity index is 2.16. The molecule has 0 radical (unpaired) electrons. The third-order valence-corrected chi connectivity index (χ3v) is 3.02. The fraction of sp³-hybridized carbons (Fsp3) is 0.727. The lowest BCUT2D eigenvalue weighted by molar-refractivity contribution is 0.238. The highest BCUT2D eigenvalue weighted by Crippen LogP contribution is 2.28. The number of aromatic nitrogens is 1. The molecule has 1 atom stereocenters. The molecule has 0 aliphatic carbocycles. The van der Waals surface area contributed by atoms with E-state index in [1.165, 1.54) is 19.4 Å². The molecule has 1 N–H and O–H groups in total. The van der Waals surface area contributed by atoms with Gasteiger partial charge in [0.05, 0.1) is 5.69 Å². The van der Waals surface area contributed by atoms with Gasteiger partial charge in [-0.3, -0.25) is 0 Å². The van der Waals surface area contributed by atoms with Gasteiger partial charge in [-0.2, -0.15) is 0 Å². The van der Waals surface area contributed by atoms with Gasteiger partial charge in [-0.25, -0.2) is 4.98 Å². The zero-order valence-corrected chi connectivity index (χ0v) is 9.36. The van der Waals surface area contributed by atoms with Gasteiger partial charge in [0.2, 0.25) is 5.89 Å². The van der Waals surface area contributed by atoms with Crippen molar-refractivity contribution in [2.45, 2.75) is 32.3 Å². The van der Waals surface area contributed by atoms with E-state index in [1.807, 2.05) is 6.92 Å². The Kier molecular flexibility index (Phi) is 3.07. The normalized spacial score (nSPS) is 23.3. The van der Waals surface area contributed by atoms with Crippen LogP contribution in [-0.2, 0) is 6.61 Å². The van der Waals surface area contributed by atoms with Crippen LogP contribution in [0.5, 0.6) is 0 Å². The topological polar surface area (TPSA) is 49.5 Å². The first-order valence-corrected chi connectivity index (χ1v) is 5.46. The van der Waals surface area contributed by atoms with Gasteiger partial charge in [-0.05, 0) is 33.4 Å². The highest BCUT2D eigenvalue weighted by atomic mass is 16.4. The van der Waals surface area contributed by atoms with Crippen molar-refractivity contribution in [2.75, 3.05) is 20.1 Å². The molecule has 2 rings (SSSR count). The molecule has 4 heteroatoms. The lowest BCUT2D eigenvalue weighted by Crippen LogP contribution is -2.31. The molecule has 1 unspecified atom stereocenters. The van der Waals surface area contributed by atoms with Crippen molar-refractivity contribution in [3.63, 3.8) is 0 Å². The Morgan fingerprint density at radius 1 is 1.60 bits per heavy atom. The molecule has 4 nitrogen and oxygen atoms in total. The van der Waals surface area contributed by atoms with Crippen LogP contribution < -0.4 is 0 Å². The zero-order valence-electron chi connectivity index (χ0n) is 9.36. The predicted octanol–water partition coefficient (Wildman–Crippen LogP) is 1.28. The van der Waals surface area contributed by atoms with Gasteiger partial charge < -0.3 is 14.4 Å². The predicted molar refractivity (Wildman–Crippen MR) is 56.6 cm³/mol. The number of aliphatic hydroxyl groups excluding tert-OH is 1. The fourth-order valence-corrected chi connectivity index (χ4v) is 2.30. The van der Waals surface area contributed by atoms with E-state index in [-0.39, 0.29) is 6.61 Å². The number of piperidine rings is 1. The quantitative estimate of drug-likeness (QED) is 0.799. The van der Waals surface area contributed by atoms with Crippen LogP contribution in [0, 0.1) is 6.92 Å². The van der Waals surface area contributed by atoms with E-state index in [9.17, 15) is 0 Å².